The van der Waals surface area contributed by atoms with Crippen molar-refractivity contribution in [1.82, 2.24) is 0 Å². The lowest BCUT2D eigenvalue weighted by atomic mass is 10.1. The van der Waals surface area contributed by atoms with Crippen molar-refractivity contribution in [3.8, 4) is 0 Å². The minimum absolute atomic E-state index is 0.212. The third-order valence-electron chi connectivity index (χ3n) is 3.88. The molecule has 0 aliphatic rings. The van der Waals surface area contributed by atoms with Crippen molar-refractivity contribution in [2.75, 3.05) is 13.2 Å². The summed E-state index contributed by atoms with van der Waals surface area (Å²) >= 11 is 0. The third-order valence-corrected chi connectivity index (χ3v) is 4.36. The van der Waals surface area contributed by atoms with E-state index in [1.54, 1.807) is 0 Å². The zero-order chi connectivity index (χ0) is 20.5. The Kier molecular flexibility index (Phi) is 15.5. The van der Waals surface area contributed by atoms with Crippen molar-refractivity contribution in [3.63, 3.8) is 0 Å². The molecule has 0 aliphatic carbocycles. The van der Waals surface area contributed by atoms with E-state index in [-0.39, 0.29) is 19.4 Å². The van der Waals surface area contributed by atoms with E-state index in [4.69, 9.17) is 19.3 Å². The lowest BCUT2D eigenvalue weighted by molar-refractivity contribution is -0.161. The van der Waals surface area contributed by atoms with E-state index < -0.39 is 32.5 Å². The van der Waals surface area contributed by atoms with Gasteiger partial charge in [-0.2, -0.15) is 0 Å². The first-order valence-corrected chi connectivity index (χ1v) is 11.4. The lowest BCUT2D eigenvalue weighted by Crippen LogP contribution is -2.29. The monoisotopic (exact) mass is 410 g/mol. The quantitative estimate of drug-likeness (QED) is 0.211. The number of hydrogen-bond acceptors (Lipinski definition) is 6. The van der Waals surface area contributed by atoms with Gasteiger partial charge < -0.3 is 19.3 Å². The predicted molar refractivity (Wildman–Crippen MR) is 101 cm³/mol. The molecule has 0 fully saturated rings. The Morgan fingerprint density at radius 1 is 0.815 bits per heavy atom. The van der Waals surface area contributed by atoms with Gasteiger partial charge in [0.2, 0.25) is 0 Å². The van der Waals surface area contributed by atoms with Gasteiger partial charge in [0.05, 0.1) is 6.61 Å². The number of carbonyl (C=O) groups excluding carboxylic acids is 2. The van der Waals surface area contributed by atoms with E-state index in [2.05, 4.69) is 11.4 Å². The van der Waals surface area contributed by atoms with E-state index in [1.807, 2.05) is 6.92 Å². The van der Waals surface area contributed by atoms with E-state index in [0.29, 0.717) is 12.8 Å². The number of rotatable bonds is 17. The van der Waals surface area contributed by atoms with Gasteiger partial charge in [0, 0.05) is 12.8 Å². The van der Waals surface area contributed by atoms with Gasteiger partial charge >= 0.3 is 19.8 Å². The van der Waals surface area contributed by atoms with Gasteiger partial charge in [0.15, 0.2) is 6.10 Å². The highest BCUT2D eigenvalue weighted by Crippen LogP contribution is 2.35. The summed E-state index contributed by atoms with van der Waals surface area (Å²) in [5, 5.41) is 0. The van der Waals surface area contributed by atoms with Crippen LogP contribution in [0.5, 0.6) is 0 Å². The Labute approximate surface area is 162 Å². The van der Waals surface area contributed by atoms with Crippen LogP contribution >= 0.6 is 7.82 Å². The number of unbranched alkanes of at least 4 members (excludes halogenated alkanes) is 7. The molecule has 27 heavy (non-hydrogen) atoms. The summed E-state index contributed by atoms with van der Waals surface area (Å²) in [7, 11) is -4.70. The highest BCUT2D eigenvalue weighted by molar-refractivity contribution is 7.46. The first-order valence-electron chi connectivity index (χ1n) is 9.83. The number of phosphoric ester groups is 1. The topological polar surface area (TPSA) is 119 Å². The van der Waals surface area contributed by atoms with Gasteiger partial charge in [-0.1, -0.05) is 58.8 Å². The van der Waals surface area contributed by atoms with Crippen LogP contribution < -0.4 is 0 Å². The molecule has 0 heterocycles. The van der Waals surface area contributed by atoms with Gasteiger partial charge in [-0.15, -0.1) is 0 Å². The molecule has 1 unspecified atom stereocenters. The average molecular weight is 410 g/mol. The van der Waals surface area contributed by atoms with Crippen LogP contribution in [0.3, 0.4) is 0 Å². The fourth-order valence-corrected chi connectivity index (χ4v) is 2.71. The van der Waals surface area contributed by atoms with Crippen molar-refractivity contribution < 1.29 is 37.9 Å². The standard InChI is InChI=1S/C18H35O8P/c1-3-5-7-8-9-10-11-13-18(20)26-16(15-25-27(21,22)23)14-24-17(19)12-6-4-2/h16H,3-15H2,1-2H3,(H2,21,22,23). The smallest absolute Gasteiger partial charge is 0.462 e. The molecule has 0 spiro atoms. The van der Waals surface area contributed by atoms with Crippen molar-refractivity contribution in [3.05, 3.63) is 0 Å². The fraction of sp³-hybridized carbons (Fsp3) is 0.889. The van der Waals surface area contributed by atoms with Crippen LogP contribution in [0.15, 0.2) is 0 Å². The maximum Gasteiger partial charge on any atom is 0.469 e. The van der Waals surface area contributed by atoms with Crippen molar-refractivity contribution in [1.29, 1.82) is 0 Å². The summed E-state index contributed by atoms with van der Waals surface area (Å²) in [4.78, 5) is 41.1. The van der Waals surface area contributed by atoms with Gasteiger partial charge in [-0.25, -0.2) is 4.57 Å². The molecule has 0 bridgehead atoms. The predicted octanol–water partition coefficient (Wildman–Crippen LogP) is 3.88. The third kappa shape index (κ3) is 18.2. The van der Waals surface area contributed by atoms with Gasteiger partial charge in [0.1, 0.15) is 6.61 Å². The summed E-state index contributed by atoms with van der Waals surface area (Å²) in [6.07, 6.45) is 8.37. The van der Waals surface area contributed by atoms with Crippen molar-refractivity contribution >= 4 is 19.8 Å². The number of carbonyl (C=O) groups is 2. The van der Waals surface area contributed by atoms with Crippen LogP contribution in [0.4, 0.5) is 0 Å². The van der Waals surface area contributed by atoms with Crippen molar-refractivity contribution in [2.24, 2.45) is 0 Å². The minimum atomic E-state index is -4.70. The van der Waals surface area contributed by atoms with Gasteiger partial charge in [-0.3, -0.25) is 14.1 Å². The molecule has 8 nitrogen and oxygen atoms in total. The Morgan fingerprint density at radius 3 is 1.96 bits per heavy atom. The minimum Gasteiger partial charge on any atom is -0.462 e. The maximum absolute atomic E-state index is 11.9. The zero-order valence-electron chi connectivity index (χ0n) is 16.6. The first-order chi connectivity index (χ1) is 12.8. The molecule has 0 radical (unpaired) electrons. The maximum atomic E-state index is 11.9. The van der Waals surface area contributed by atoms with E-state index in [0.717, 1.165) is 25.7 Å². The summed E-state index contributed by atoms with van der Waals surface area (Å²) in [5.41, 5.74) is 0. The Balaban J connectivity index is 4.21. The van der Waals surface area contributed by atoms with Crippen LogP contribution in [0.1, 0.15) is 84.5 Å². The fourth-order valence-electron chi connectivity index (χ4n) is 2.35. The number of hydrogen-bond donors (Lipinski definition) is 2. The second kappa shape index (κ2) is 16.0. The molecule has 9 heteroatoms. The summed E-state index contributed by atoms with van der Waals surface area (Å²) < 4.78 is 25.4. The van der Waals surface area contributed by atoms with Gasteiger partial charge in [0.25, 0.3) is 0 Å². The van der Waals surface area contributed by atoms with Crippen molar-refractivity contribution in [2.45, 2.75) is 90.6 Å². The van der Waals surface area contributed by atoms with Crippen LogP contribution in [-0.2, 0) is 28.2 Å². The molecule has 0 saturated carbocycles. The normalized spacial score (nSPS) is 12.6. The highest BCUT2D eigenvalue weighted by Gasteiger charge is 2.22. The summed E-state index contributed by atoms with van der Waals surface area (Å²) in [5.74, 6) is -0.936. The van der Waals surface area contributed by atoms with E-state index in [9.17, 15) is 14.2 Å². The molecule has 0 aromatic heterocycles. The first kappa shape index (κ1) is 26.1. The van der Waals surface area contributed by atoms with Crippen LogP contribution in [0.2, 0.25) is 0 Å². The Hall–Kier alpha value is -0.950. The molecule has 2 N–H and O–H groups in total. The summed E-state index contributed by atoms with van der Waals surface area (Å²) in [6, 6.07) is 0. The Morgan fingerprint density at radius 2 is 1.37 bits per heavy atom. The van der Waals surface area contributed by atoms with E-state index >= 15 is 0 Å². The van der Waals surface area contributed by atoms with E-state index in [1.165, 1.54) is 19.3 Å². The largest absolute Gasteiger partial charge is 0.469 e. The highest BCUT2D eigenvalue weighted by atomic mass is 31.2. The molecule has 0 saturated heterocycles. The molecular formula is C18H35O8P. The molecule has 160 valence electrons. The number of esters is 2. The summed E-state index contributed by atoms with van der Waals surface area (Å²) in [6.45, 7) is 3.28. The molecule has 0 aromatic rings. The molecule has 0 aromatic carbocycles. The van der Waals surface area contributed by atoms with Crippen LogP contribution in [0, 0.1) is 0 Å². The molecule has 1 atom stereocenters. The second-order valence-electron chi connectivity index (χ2n) is 6.56. The Bertz CT molecular complexity index is 449. The molecule has 0 rings (SSSR count). The number of phosphoric acid groups is 1. The molecular weight excluding hydrogens is 375 g/mol. The SMILES string of the molecule is CCCCCCCCCC(=O)OC(COC(=O)CCCC)COP(=O)(O)O. The van der Waals surface area contributed by atoms with Gasteiger partial charge in [-0.05, 0) is 12.8 Å². The van der Waals surface area contributed by atoms with Crippen LogP contribution in [-0.4, -0.2) is 41.0 Å². The molecule has 0 amide bonds. The average Bonchev–Trinajstić information content (AvgIpc) is 2.60. The molecule has 0 aliphatic heterocycles. The lowest BCUT2D eigenvalue weighted by Gasteiger charge is -2.18. The number of ether oxygens (including phenoxy) is 2. The van der Waals surface area contributed by atoms with Crippen LogP contribution in [0.25, 0.3) is 0 Å². The zero-order valence-corrected chi connectivity index (χ0v) is 17.5. The second-order valence-corrected chi connectivity index (χ2v) is 7.80.